The number of nitro benzene ring substituents is 1. The molecular formula is C13H20N4O2. The lowest BCUT2D eigenvalue weighted by Crippen LogP contribution is -2.31. The van der Waals surface area contributed by atoms with E-state index >= 15 is 0 Å². The summed E-state index contributed by atoms with van der Waals surface area (Å²) in [6.45, 7) is 9.80. The van der Waals surface area contributed by atoms with E-state index in [1.807, 2.05) is 32.7 Å². The quantitative estimate of drug-likeness (QED) is 0.458. The highest BCUT2D eigenvalue weighted by atomic mass is 16.6. The molecule has 0 aliphatic carbocycles. The maximum atomic E-state index is 10.9. The van der Waals surface area contributed by atoms with E-state index in [9.17, 15) is 10.1 Å². The van der Waals surface area contributed by atoms with Crippen LogP contribution in [0.25, 0.3) is 0 Å². The van der Waals surface area contributed by atoms with Gasteiger partial charge in [-0.05, 0) is 40.7 Å². The number of aryl methyl sites for hydroxylation is 1. The highest BCUT2D eigenvalue weighted by Crippen LogP contribution is 2.24. The molecule has 1 rings (SSSR count). The minimum absolute atomic E-state index is 0.0668. The Balaban J connectivity index is 2.99. The Bertz CT molecular complexity index is 476. The molecule has 0 spiro atoms. The Morgan fingerprint density at radius 3 is 2.26 bits per heavy atom. The van der Waals surface area contributed by atoms with Crippen molar-refractivity contribution in [2.75, 3.05) is 0 Å². The molecule has 0 radical (unpaired) electrons. The van der Waals surface area contributed by atoms with Crippen LogP contribution in [0.3, 0.4) is 0 Å². The first-order chi connectivity index (χ1) is 8.82. The van der Waals surface area contributed by atoms with E-state index in [4.69, 9.17) is 0 Å². The van der Waals surface area contributed by atoms with Crippen LogP contribution in [-0.2, 0) is 0 Å². The first kappa shape index (κ1) is 15.1. The zero-order valence-electron chi connectivity index (χ0n) is 12.0. The number of nitro groups is 1. The minimum Gasteiger partial charge on any atom is -0.273 e. The number of benzene rings is 1. The molecule has 0 saturated carbocycles. The monoisotopic (exact) mass is 264 g/mol. The van der Waals surface area contributed by atoms with Crippen molar-refractivity contribution in [3.05, 3.63) is 33.9 Å². The summed E-state index contributed by atoms with van der Waals surface area (Å²) in [6, 6.07) is 5.30. The third-order valence-electron chi connectivity index (χ3n) is 2.71. The predicted octanol–water partition coefficient (Wildman–Crippen LogP) is 4.02. The van der Waals surface area contributed by atoms with E-state index in [1.165, 1.54) is 6.07 Å². The molecule has 0 aliphatic heterocycles. The second kappa shape index (κ2) is 6.26. The molecule has 0 unspecified atom stereocenters. The minimum atomic E-state index is -0.406. The van der Waals surface area contributed by atoms with Crippen LogP contribution in [-0.4, -0.2) is 22.0 Å². The van der Waals surface area contributed by atoms with Gasteiger partial charge in [-0.25, -0.2) is 0 Å². The van der Waals surface area contributed by atoms with Gasteiger partial charge in [0, 0.05) is 23.7 Å². The van der Waals surface area contributed by atoms with Gasteiger partial charge in [-0.2, -0.15) is 0 Å². The van der Waals surface area contributed by atoms with Crippen molar-refractivity contribution in [3.63, 3.8) is 0 Å². The predicted molar refractivity (Wildman–Crippen MR) is 74.5 cm³/mol. The second-order valence-corrected chi connectivity index (χ2v) is 4.98. The van der Waals surface area contributed by atoms with Crippen molar-refractivity contribution in [1.29, 1.82) is 0 Å². The van der Waals surface area contributed by atoms with Crippen molar-refractivity contribution in [2.45, 2.75) is 46.7 Å². The van der Waals surface area contributed by atoms with Crippen LogP contribution in [0.4, 0.5) is 11.4 Å². The molecule has 0 aromatic heterocycles. The fraction of sp³-hybridized carbons (Fsp3) is 0.538. The van der Waals surface area contributed by atoms with Crippen LogP contribution in [0.15, 0.2) is 28.5 Å². The summed E-state index contributed by atoms with van der Waals surface area (Å²) in [7, 11) is 0. The van der Waals surface area contributed by atoms with Gasteiger partial charge in [-0.3, -0.25) is 15.1 Å². The zero-order valence-corrected chi connectivity index (χ0v) is 12.0. The standard InChI is InChI=1S/C13H20N4O2/c1-9(2)16(10(3)4)15-14-12-7-6-11(5)13(8-12)17(18)19/h6-10H,1-5H3. The summed E-state index contributed by atoms with van der Waals surface area (Å²) in [5.41, 5.74) is 1.18. The summed E-state index contributed by atoms with van der Waals surface area (Å²) in [5, 5.41) is 20.9. The lowest BCUT2D eigenvalue weighted by Gasteiger charge is -2.25. The Labute approximate surface area is 113 Å². The summed E-state index contributed by atoms with van der Waals surface area (Å²) in [5.74, 6) is 0. The number of hydrogen-bond acceptors (Lipinski definition) is 4. The number of rotatable bonds is 5. The average Bonchev–Trinajstić information content (AvgIpc) is 2.30. The van der Waals surface area contributed by atoms with Gasteiger partial charge in [0.25, 0.3) is 5.69 Å². The first-order valence-corrected chi connectivity index (χ1v) is 6.28. The van der Waals surface area contributed by atoms with Crippen LogP contribution in [0.5, 0.6) is 0 Å². The molecule has 1 aromatic carbocycles. The van der Waals surface area contributed by atoms with Crippen LogP contribution >= 0.6 is 0 Å². The third-order valence-corrected chi connectivity index (χ3v) is 2.71. The fourth-order valence-electron chi connectivity index (χ4n) is 1.76. The molecule has 104 valence electrons. The van der Waals surface area contributed by atoms with E-state index in [-0.39, 0.29) is 17.8 Å². The molecule has 6 heteroatoms. The normalized spacial score (nSPS) is 11.5. The van der Waals surface area contributed by atoms with Crippen molar-refractivity contribution in [3.8, 4) is 0 Å². The van der Waals surface area contributed by atoms with E-state index in [0.717, 1.165) is 0 Å². The number of hydrogen-bond donors (Lipinski definition) is 0. The molecule has 0 heterocycles. The van der Waals surface area contributed by atoms with Gasteiger partial charge < -0.3 is 0 Å². The molecule has 0 amide bonds. The largest absolute Gasteiger partial charge is 0.274 e. The summed E-state index contributed by atoms with van der Waals surface area (Å²) >= 11 is 0. The smallest absolute Gasteiger partial charge is 0.273 e. The van der Waals surface area contributed by atoms with Gasteiger partial charge in [0.15, 0.2) is 0 Å². The molecule has 0 atom stereocenters. The molecule has 1 aromatic rings. The molecule has 0 saturated heterocycles. The maximum absolute atomic E-state index is 10.9. The van der Waals surface area contributed by atoms with Gasteiger partial charge >= 0.3 is 0 Å². The molecule has 0 N–H and O–H groups in total. The Morgan fingerprint density at radius 2 is 1.79 bits per heavy atom. The lowest BCUT2D eigenvalue weighted by molar-refractivity contribution is -0.385. The van der Waals surface area contributed by atoms with Gasteiger partial charge in [-0.1, -0.05) is 11.3 Å². The zero-order chi connectivity index (χ0) is 14.6. The third kappa shape index (κ3) is 4.01. The van der Waals surface area contributed by atoms with Crippen molar-refractivity contribution in [1.82, 2.24) is 5.01 Å². The van der Waals surface area contributed by atoms with Crippen LogP contribution in [0.2, 0.25) is 0 Å². The average molecular weight is 264 g/mol. The molecule has 19 heavy (non-hydrogen) atoms. The topological polar surface area (TPSA) is 71.1 Å². The van der Waals surface area contributed by atoms with E-state index < -0.39 is 4.92 Å². The summed E-state index contributed by atoms with van der Waals surface area (Å²) in [6.07, 6.45) is 0. The van der Waals surface area contributed by atoms with Crippen LogP contribution < -0.4 is 0 Å². The van der Waals surface area contributed by atoms with Crippen LogP contribution in [0, 0.1) is 17.0 Å². The summed E-state index contributed by atoms with van der Waals surface area (Å²) < 4.78 is 0. The molecule has 0 fully saturated rings. The van der Waals surface area contributed by atoms with Crippen LogP contribution in [0.1, 0.15) is 33.3 Å². The Hall–Kier alpha value is -1.98. The van der Waals surface area contributed by atoms with E-state index in [1.54, 1.807) is 19.1 Å². The van der Waals surface area contributed by atoms with E-state index in [0.29, 0.717) is 11.3 Å². The molecule has 0 bridgehead atoms. The Kier molecular flexibility index (Phi) is 4.97. The molecule has 6 nitrogen and oxygen atoms in total. The summed E-state index contributed by atoms with van der Waals surface area (Å²) in [4.78, 5) is 10.4. The molecule has 0 aliphatic rings. The van der Waals surface area contributed by atoms with E-state index in [2.05, 4.69) is 10.3 Å². The SMILES string of the molecule is Cc1ccc(N=NN(C(C)C)C(C)C)cc1[N+](=O)[O-]. The Morgan fingerprint density at radius 1 is 1.21 bits per heavy atom. The van der Waals surface area contributed by atoms with Gasteiger partial charge in [0.05, 0.1) is 10.6 Å². The highest BCUT2D eigenvalue weighted by molar-refractivity contribution is 5.51. The second-order valence-electron chi connectivity index (χ2n) is 4.98. The van der Waals surface area contributed by atoms with Crippen molar-refractivity contribution < 1.29 is 4.92 Å². The van der Waals surface area contributed by atoms with Gasteiger partial charge in [-0.15, -0.1) is 5.11 Å². The van der Waals surface area contributed by atoms with Gasteiger partial charge in [0.1, 0.15) is 0 Å². The maximum Gasteiger partial charge on any atom is 0.274 e. The van der Waals surface area contributed by atoms with Gasteiger partial charge in [0.2, 0.25) is 0 Å². The first-order valence-electron chi connectivity index (χ1n) is 6.28. The van der Waals surface area contributed by atoms with Crippen molar-refractivity contribution >= 4 is 11.4 Å². The fourth-order valence-corrected chi connectivity index (χ4v) is 1.76. The molecular weight excluding hydrogens is 244 g/mol. The number of nitrogens with zero attached hydrogens (tertiary/aromatic N) is 4. The lowest BCUT2D eigenvalue weighted by atomic mass is 10.2. The van der Waals surface area contributed by atoms with Crippen molar-refractivity contribution in [2.24, 2.45) is 10.3 Å². The highest BCUT2D eigenvalue weighted by Gasteiger charge is 2.12.